The predicted octanol–water partition coefficient (Wildman–Crippen LogP) is -4.62. The van der Waals surface area contributed by atoms with Crippen molar-refractivity contribution in [3.63, 3.8) is 0 Å². The van der Waals surface area contributed by atoms with Crippen LogP contribution in [0.5, 0.6) is 0 Å². The van der Waals surface area contributed by atoms with Crippen LogP contribution >= 0.6 is 0 Å². The first-order chi connectivity index (χ1) is 24.3. The average molecular weight is 933 g/mol. The average Bonchev–Trinajstić information content (AvgIpc) is 3.07. The number of rotatable bonds is 29. The van der Waals surface area contributed by atoms with Gasteiger partial charge in [0.1, 0.15) is 13.2 Å². The number of carbonyl (C=O) groups excluding carboxylic acids is 6. The smallest absolute Gasteiger partial charge is 0.656 e. The van der Waals surface area contributed by atoms with Crippen molar-refractivity contribution in [3.05, 3.63) is 17.3 Å². The molecule has 0 fully saturated rings. The van der Waals surface area contributed by atoms with E-state index in [1.54, 1.807) is 14.0 Å². The summed E-state index contributed by atoms with van der Waals surface area (Å²) in [7, 11) is 5.99. The molecule has 2 atom stereocenters. The zero-order chi connectivity index (χ0) is 39.0. The maximum Gasteiger partial charge on any atom is 2.00 e. The van der Waals surface area contributed by atoms with Gasteiger partial charge in [0.05, 0.1) is 13.1 Å². The van der Waals surface area contributed by atoms with Gasteiger partial charge in [-0.25, -0.2) is 16.6 Å². The SMILES string of the molecule is CC[N-]CC(=O)C(CN(C)CC(=O)O)OC(=O)C(CCC(=O)NCCN(CCNC(=O)CON)CCNC(=O)CON)N=O.[CH2-]OC(=O)CNC.[Gd+2].[K]. The zero-order valence-corrected chi connectivity index (χ0v) is 36.0. The molecule has 0 heterocycles. The van der Waals surface area contributed by atoms with Crippen LogP contribution in [0.15, 0.2) is 5.18 Å². The second-order valence-electron chi connectivity index (χ2n) is 10.4. The van der Waals surface area contributed by atoms with Crippen molar-refractivity contribution in [1.29, 1.82) is 0 Å². The summed E-state index contributed by atoms with van der Waals surface area (Å²) in [5.74, 6) is 5.18. The molecule has 0 aromatic rings. The number of carboxylic acids is 1. The van der Waals surface area contributed by atoms with E-state index in [0.29, 0.717) is 26.2 Å². The van der Waals surface area contributed by atoms with Crippen LogP contribution in [0.3, 0.4) is 0 Å². The fraction of sp³-hybridized carbons (Fsp3) is 0.714. The number of ketones is 1. The number of carboxylic acid groups (broad SMARTS) is 1. The van der Waals surface area contributed by atoms with Gasteiger partial charge in [0.2, 0.25) is 17.7 Å². The third kappa shape index (κ3) is 34.9. The zero-order valence-electron chi connectivity index (χ0n) is 30.6. The number of amides is 3. The number of nitroso groups, excluding NO2 is 1. The molecule has 23 nitrogen and oxygen atoms in total. The minimum absolute atomic E-state index is 0. The summed E-state index contributed by atoms with van der Waals surface area (Å²) in [5, 5.41) is 26.1. The number of aliphatic carboxylic acids is 1. The Morgan fingerprint density at radius 1 is 0.925 bits per heavy atom. The Labute approximate surface area is 383 Å². The molecule has 0 aromatic heterocycles. The van der Waals surface area contributed by atoms with Gasteiger partial charge >= 0.3 is 51.9 Å². The minimum atomic E-state index is -1.58. The summed E-state index contributed by atoms with van der Waals surface area (Å²) in [4.78, 5) is 105. The van der Waals surface area contributed by atoms with E-state index in [2.05, 4.69) is 53.3 Å². The van der Waals surface area contributed by atoms with Crippen LogP contribution in [0, 0.1) is 52.0 Å². The van der Waals surface area contributed by atoms with E-state index in [4.69, 9.17) is 21.6 Å². The maximum atomic E-state index is 12.6. The standard InChI is InChI=1S/C24H44N9O11.C4H8NO2.Gd.K/c1-3-27-12-18(34)19(13-32(2)14-23(38)39)44-24(40)17(31-41)4-5-20(35)28-6-9-33(10-7-29-21(36)15-42-25)11-8-30-22(37)16-43-26;1-5-3-4(6)7-2;;/h17,19H,3-16,25-26H2,1-2H3,(H,28,35)(H,29,36)(H,30,37)(H,38,39);5H,2-3H2,1H3;;/q2*-1;+2;. The Morgan fingerprint density at radius 3 is 1.83 bits per heavy atom. The molecule has 25 heteroatoms. The predicted molar refractivity (Wildman–Crippen MR) is 184 cm³/mol. The molecule has 0 saturated heterocycles. The third-order valence-corrected chi connectivity index (χ3v) is 6.20. The van der Waals surface area contributed by atoms with Gasteiger partial charge in [-0.05, 0) is 20.5 Å². The van der Waals surface area contributed by atoms with E-state index in [1.807, 2.05) is 4.90 Å². The van der Waals surface area contributed by atoms with Crippen LogP contribution in [0.25, 0.3) is 5.32 Å². The van der Waals surface area contributed by atoms with Crippen LogP contribution < -0.4 is 33.1 Å². The van der Waals surface area contributed by atoms with E-state index in [0.717, 1.165) is 0 Å². The van der Waals surface area contributed by atoms with Gasteiger partial charge in [-0.1, -0.05) is 18.6 Å². The molecule has 53 heavy (non-hydrogen) atoms. The minimum Gasteiger partial charge on any atom is -0.656 e. The summed E-state index contributed by atoms with van der Waals surface area (Å²) in [5.41, 5.74) is 0. The Balaban J connectivity index is -0.00000120. The normalized spacial score (nSPS) is 11.3. The molecule has 0 aliphatic heterocycles. The number of esters is 2. The molecule has 1 radical (unpaired) electrons. The summed E-state index contributed by atoms with van der Waals surface area (Å²) in [6, 6.07) is -1.58. The first kappa shape index (κ1) is 58.4. The number of hydrogen-bond donors (Lipinski definition) is 7. The van der Waals surface area contributed by atoms with Crippen molar-refractivity contribution in [3.8, 4) is 0 Å². The van der Waals surface area contributed by atoms with Gasteiger partial charge in [-0.3, -0.25) is 48.2 Å². The van der Waals surface area contributed by atoms with Crippen molar-refractivity contribution in [1.82, 2.24) is 31.1 Å². The van der Waals surface area contributed by atoms with Crippen LogP contribution in [0.1, 0.15) is 19.8 Å². The van der Waals surface area contributed by atoms with E-state index >= 15 is 0 Å². The maximum absolute atomic E-state index is 12.6. The molecular weight excluding hydrogens is 881 g/mol. The molecule has 9 N–H and O–H groups in total. The first-order valence-corrected chi connectivity index (χ1v) is 15.6. The molecule has 301 valence electrons. The molecule has 0 aliphatic carbocycles. The largest absolute Gasteiger partial charge is 2.00 e. The number of carbonyl (C=O) groups is 7. The molecule has 0 aromatic carbocycles. The number of nitrogens with zero attached hydrogens (tertiary/aromatic N) is 4. The number of likely N-dealkylation sites (N-methyl/N-ethyl adjacent to an activating group) is 3. The second kappa shape index (κ2) is 39.0. The topological polar surface area (TPSA) is 327 Å². The van der Waals surface area contributed by atoms with Crippen LogP contribution in [-0.4, -0.2) is 219 Å². The number of nitrogens with two attached hydrogens (primary N) is 2. The monoisotopic (exact) mass is 933 g/mol. The molecule has 0 rings (SSSR count). The third-order valence-electron chi connectivity index (χ3n) is 6.20. The van der Waals surface area contributed by atoms with Gasteiger partial charge in [0.25, 0.3) is 5.97 Å². The quantitative estimate of drug-likeness (QED) is 0.0122. The Morgan fingerprint density at radius 2 is 1.43 bits per heavy atom. The molecule has 0 spiro atoms. The Kier molecular flexibility index (Phi) is 43.0. The Bertz CT molecular complexity index is 1060. The van der Waals surface area contributed by atoms with Crippen LogP contribution in [0.4, 0.5) is 0 Å². The number of nitrogens with one attached hydrogen (secondary N) is 4. The fourth-order valence-electron chi connectivity index (χ4n) is 3.74. The molecule has 0 aliphatic rings. The van der Waals surface area contributed by atoms with E-state index in [-0.39, 0.29) is 163 Å². The van der Waals surface area contributed by atoms with Crippen molar-refractivity contribution in [2.75, 3.05) is 99.3 Å². The summed E-state index contributed by atoms with van der Waals surface area (Å²) in [6.07, 6.45) is -1.95. The second-order valence-corrected chi connectivity index (χ2v) is 10.4. The van der Waals surface area contributed by atoms with E-state index < -0.39 is 54.1 Å². The van der Waals surface area contributed by atoms with Gasteiger partial charge in [-0.2, -0.15) is 13.7 Å². The fourth-order valence-corrected chi connectivity index (χ4v) is 3.74. The molecule has 3 amide bonds. The molecule has 0 bridgehead atoms. The van der Waals surface area contributed by atoms with Crippen molar-refractivity contribution in [2.45, 2.75) is 31.9 Å². The summed E-state index contributed by atoms with van der Waals surface area (Å²) >= 11 is 0. The van der Waals surface area contributed by atoms with Gasteiger partial charge in [-0.15, -0.1) is 4.91 Å². The van der Waals surface area contributed by atoms with Crippen LogP contribution in [-0.2, 0) is 52.7 Å². The van der Waals surface area contributed by atoms with Crippen molar-refractivity contribution in [2.24, 2.45) is 17.0 Å². The number of ether oxygens (including phenoxy) is 2. The van der Waals surface area contributed by atoms with Gasteiger partial charge < -0.3 is 41.2 Å². The molecule has 0 saturated carbocycles. The summed E-state index contributed by atoms with van der Waals surface area (Å²) in [6.45, 7) is 2.33. The van der Waals surface area contributed by atoms with Gasteiger partial charge in [0, 0.05) is 104 Å². The van der Waals surface area contributed by atoms with E-state index in [1.165, 1.54) is 11.9 Å². The first-order valence-electron chi connectivity index (χ1n) is 15.6. The number of hydrogen-bond acceptors (Lipinski definition) is 18. The summed E-state index contributed by atoms with van der Waals surface area (Å²) < 4.78 is 9.23. The Hall–Kier alpha value is -1.27. The molecular formula is C28H52GdKN10O13. The van der Waals surface area contributed by atoms with Crippen molar-refractivity contribution >= 4 is 92.8 Å². The van der Waals surface area contributed by atoms with Gasteiger partial charge in [0.15, 0.2) is 17.9 Å². The van der Waals surface area contributed by atoms with E-state index in [9.17, 15) is 38.5 Å². The molecule has 2 unspecified atom stereocenters. The van der Waals surface area contributed by atoms with Crippen LogP contribution in [0.2, 0.25) is 0 Å². The van der Waals surface area contributed by atoms with Crippen molar-refractivity contribution < 1.29 is 97.8 Å². The number of Topliss-reactive ketones (excluding diaryl/α,β-unsaturated/α-hetero) is 1.